The first-order chi connectivity index (χ1) is 11.2. The second kappa shape index (κ2) is 5.32. The van der Waals surface area contributed by atoms with Gasteiger partial charge in [0, 0.05) is 5.39 Å². The maximum absolute atomic E-state index is 12.1. The van der Waals surface area contributed by atoms with Crippen LogP contribution in [0.1, 0.15) is 11.1 Å². The molecule has 0 atom stereocenters. The smallest absolute Gasteiger partial charge is 0.282 e. The normalized spacial score (nSPS) is 11.2. The van der Waals surface area contributed by atoms with Crippen LogP contribution in [0.25, 0.3) is 21.9 Å². The molecule has 23 heavy (non-hydrogen) atoms. The maximum atomic E-state index is 12.1. The molecule has 4 rings (SSSR count). The Morgan fingerprint density at radius 2 is 1.87 bits per heavy atom. The molecule has 4 nitrogen and oxygen atoms in total. The maximum Gasteiger partial charge on any atom is 0.282 e. The zero-order chi connectivity index (χ0) is 15.8. The summed E-state index contributed by atoms with van der Waals surface area (Å²) in [6, 6.07) is 18.0. The monoisotopic (exact) mass is 301 g/mol. The van der Waals surface area contributed by atoms with Crippen LogP contribution in [0, 0.1) is 6.92 Å². The Hall–Kier alpha value is -3.01. The SMILES string of the molecule is Cc1ccc2cc3c(=O)ncn(Cc4ccccc4)c3nc2c1. The summed E-state index contributed by atoms with van der Waals surface area (Å²) in [5.74, 6) is 0. The van der Waals surface area contributed by atoms with E-state index in [9.17, 15) is 4.79 Å². The van der Waals surface area contributed by atoms with Crippen molar-refractivity contribution in [1.29, 1.82) is 0 Å². The van der Waals surface area contributed by atoms with Gasteiger partial charge in [-0.05, 0) is 30.2 Å². The Balaban J connectivity index is 1.97. The molecule has 0 aliphatic rings. The molecule has 0 fully saturated rings. The standard InChI is InChI=1S/C19H15N3O/c1-13-7-8-15-10-16-18(21-17(15)9-13)22(12-20-19(16)23)11-14-5-3-2-4-6-14/h2-10,12H,11H2,1H3. The van der Waals surface area contributed by atoms with Crippen molar-refractivity contribution in [2.24, 2.45) is 0 Å². The molecule has 2 aromatic heterocycles. The summed E-state index contributed by atoms with van der Waals surface area (Å²) in [6.07, 6.45) is 1.58. The molecule has 4 heteroatoms. The zero-order valence-corrected chi connectivity index (χ0v) is 12.7. The molecule has 0 saturated carbocycles. The molecule has 2 aromatic carbocycles. The molecule has 0 aliphatic heterocycles. The van der Waals surface area contributed by atoms with Gasteiger partial charge in [0.1, 0.15) is 12.0 Å². The van der Waals surface area contributed by atoms with Crippen molar-refractivity contribution in [2.45, 2.75) is 13.5 Å². The van der Waals surface area contributed by atoms with Gasteiger partial charge in [-0.3, -0.25) is 4.79 Å². The molecule has 0 amide bonds. The van der Waals surface area contributed by atoms with Crippen LogP contribution < -0.4 is 5.56 Å². The second-order valence-corrected chi connectivity index (χ2v) is 5.72. The lowest BCUT2D eigenvalue weighted by atomic mass is 10.1. The highest BCUT2D eigenvalue weighted by molar-refractivity contribution is 5.91. The van der Waals surface area contributed by atoms with Gasteiger partial charge in [-0.2, -0.15) is 4.98 Å². The molecule has 0 saturated heterocycles. The summed E-state index contributed by atoms with van der Waals surface area (Å²) >= 11 is 0. The number of nitrogens with zero attached hydrogens (tertiary/aromatic N) is 3. The number of benzene rings is 2. The Morgan fingerprint density at radius 1 is 1.04 bits per heavy atom. The zero-order valence-electron chi connectivity index (χ0n) is 12.7. The lowest BCUT2D eigenvalue weighted by Gasteiger charge is -2.10. The number of hydrogen-bond acceptors (Lipinski definition) is 3. The highest BCUT2D eigenvalue weighted by Crippen LogP contribution is 2.19. The predicted molar refractivity (Wildman–Crippen MR) is 91.6 cm³/mol. The van der Waals surface area contributed by atoms with Crippen LogP contribution in [0.4, 0.5) is 0 Å². The number of fused-ring (bicyclic) bond motifs is 2. The topological polar surface area (TPSA) is 47.8 Å². The molecule has 0 aliphatic carbocycles. The highest BCUT2D eigenvalue weighted by Gasteiger charge is 2.08. The van der Waals surface area contributed by atoms with E-state index in [1.807, 2.05) is 54.0 Å². The van der Waals surface area contributed by atoms with Crippen molar-refractivity contribution >= 4 is 21.9 Å². The van der Waals surface area contributed by atoms with E-state index in [1.54, 1.807) is 6.33 Å². The van der Waals surface area contributed by atoms with Crippen LogP contribution >= 0.6 is 0 Å². The van der Waals surface area contributed by atoms with Crippen LogP contribution in [-0.4, -0.2) is 14.5 Å². The third-order valence-electron chi connectivity index (χ3n) is 3.97. The van der Waals surface area contributed by atoms with Gasteiger partial charge < -0.3 is 4.57 Å². The summed E-state index contributed by atoms with van der Waals surface area (Å²) < 4.78 is 1.92. The third-order valence-corrected chi connectivity index (χ3v) is 3.97. The lowest BCUT2D eigenvalue weighted by Crippen LogP contribution is -2.14. The average molecular weight is 301 g/mol. The first kappa shape index (κ1) is 13.6. The van der Waals surface area contributed by atoms with Gasteiger partial charge in [0.05, 0.1) is 17.4 Å². The van der Waals surface area contributed by atoms with Crippen LogP contribution in [0.15, 0.2) is 65.7 Å². The number of aryl methyl sites for hydroxylation is 1. The van der Waals surface area contributed by atoms with Gasteiger partial charge in [-0.25, -0.2) is 4.98 Å². The summed E-state index contributed by atoms with van der Waals surface area (Å²) in [6.45, 7) is 2.67. The van der Waals surface area contributed by atoms with E-state index in [4.69, 9.17) is 4.98 Å². The summed E-state index contributed by atoms with van der Waals surface area (Å²) in [5, 5.41) is 1.51. The van der Waals surface area contributed by atoms with Gasteiger partial charge in [-0.1, -0.05) is 42.5 Å². The summed E-state index contributed by atoms with van der Waals surface area (Å²) in [7, 11) is 0. The van der Waals surface area contributed by atoms with E-state index < -0.39 is 0 Å². The number of hydrogen-bond donors (Lipinski definition) is 0. The molecule has 2 heterocycles. The van der Waals surface area contributed by atoms with Gasteiger partial charge in [0.15, 0.2) is 0 Å². The van der Waals surface area contributed by atoms with Crippen molar-refractivity contribution in [3.63, 3.8) is 0 Å². The Morgan fingerprint density at radius 3 is 2.70 bits per heavy atom. The summed E-state index contributed by atoms with van der Waals surface area (Å²) in [5.41, 5.74) is 3.62. The van der Waals surface area contributed by atoms with Gasteiger partial charge in [-0.15, -0.1) is 0 Å². The van der Waals surface area contributed by atoms with Crippen molar-refractivity contribution < 1.29 is 0 Å². The van der Waals surface area contributed by atoms with Crippen molar-refractivity contribution in [3.8, 4) is 0 Å². The first-order valence-corrected chi connectivity index (χ1v) is 7.51. The number of aromatic nitrogens is 3. The fourth-order valence-electron chi connectivity index (χ4n) is 2.79. The molecule has 0 N–H and O–H groups in total. The van der Waals surface area contributed by atoms with E-state index in [0.717, 1.165) is 22.0 Å². The van der Waals surface area contributed by atoms with E-state index in [1.165, 1.54) is 0 Å². The lowest BCUT2D eigenvalue weighted by molar-refractivity contribution is 0.788. The van der Waals surface area contributed by atoms with Crippen molar-refractivity contribution in [1.82, 2.24) is 14.5 Å². The number of pyridine rings is 1. The summed E-state index contributed by atoms with van der Waals surface area (Å²) in [4.78, 5) is 20.8. The van der Waals surface area contributed by atoms with Gasteiger partial charge in [0.2, 0.25) is 0 Å². The van der Waals surface area contributed by atoms with Gasteiger partial charge >= 0.3 is 0 Å². The van der Waals surface area contributed by atoms with Gasteiger partial charge in [0.25, 0.3) is 5.56 Å². The number of rotatable bonds is 2. The Labute approximate surface area is 133 Å². The highest BCUT2D eigenvalue weighted by atomic mass is 16.1. The largest absolute Gasteiger partial charge is 0.312 e. The third kappa shape index (κ3) is 2.48. The fourth-order valence-corrected chi connectivity index (χ4v) is 2.79. The first-order valence-electron chi connectivity index (χ1n) is 7.51. The Kier molecular flexibility index (Phi) is 3.15. The molecular formula is C19H15N3O. The van der Waals surface area contributed by atoms with E-state index in [2.05, 4.69) is 17.1 Å². The van der Waals surface area contributed by atoms with Crippen LogP contribution in [0.5, 0.6) is 0 Å². The molecule has 0 radical (unpaired) electrons. The minimum Gasteiger partial charge on any atom is -0.312 e. The second-order valence-electron chi connectivity index (χ2n) is 5.72. The Bertz CT molecular complexity index is 1070. The minimum atomic E-state index is -0.237. The fraction of sp³-hybridized carbons (Fsp3) is 0.105. The molecule has 112 valence electrons. The van der Waals surface area contributed by atoms with Crippen LogP contribution in [0.3, 0.4) is 0 Å². The molecule has 0 spiro atoms. The minimum absolute atomic E-state index is 0.237. The van der Waals surface area contributed by atoms with Crippen LogP contribution in [0.2, 0.25) is 0 Å². The quantitative estimate of drug-likeness (QED) is 0.534. The molecule has 0 bridgehead atoms. The van der Waals surface area contributed by atoms with E-state index in [-0.39, 0.29) is 5.56 Å². The van der Waals surface area contributed by atoms with E-state index >= 15 is 0 Å². The molecule has 4 aromatic rings. The average Bonchev–Trinajstić information content (AvgIpc) is 2.57. The molecule has 0 unspecified atom stereocenters. The van der Waals surface area contributed by atoms with Crippen molar-refractivity contribution in [2.75, 3.05) is 0 Å². The molecular weight excluding hydrogens is 286 g/mol. The van der Waals surface area contributed by atoms with E-state index in [0.29, 0.717) is 17.6 Å². The predicted octanol–water partition coefficient (Wildman–Crippen LogP) is 3.30. The van der Waals surface area contributed by atoms with Crippen LogP contribution in [-0.2, 0) is 6.54 Å². The van der Waals surface area contributed by atoms with Crippen molar-refractivity contribution in [3.05, 3.63) is 82.4 Å².